The summed E-state index contributed by atoms with van der Waals surface area (Å²) in [6.45, 7) is 8.63. The maximum atomic E-state index is 14.2. The van der Waals surface area contributed by atoms with Crippen LogP contribution >= 0.6 is 0 Å². The van der Waals surface area contributed by atoms with Crippen molar-refractivity contribution in [3.63, 3.8) is 0 Å². The number of hydrogen-bond donors (Lipinski definition) is 1. The summed E-state index contributed by atoms with van der Waals surface area (Å²) in [7, 11) is -0.959. The molecule has 3 aromatic carbocycles. The number of aliphatic hydroxyl groups is 1. The molecule has 0 aliphatic carbocycles. The van der Waals surface area contributed by atoms with Crippen LogP contribution in [0.4, 0.5) is 0 Å². The van der Waals surface area contributed by atoms with Crippen molar-refractivity contribution < 1.29 is 32.5 Å². The monoisotopic (exact) mass is 569 g/mol. The maximum Gasteiger partial charge on any atom is 0.310 e. The summed E-state index contributed by atoms with van der Waals surface area (Å²) in [5.74, 6) is 0.841. The van der Waals surface area contributed by atoms with Crippen molar-refractivity contribution in [3.8, 4) is 11.5 Å². The molecule has 3 aromatic rings. The number of hydrogen-bond acceptors (Lipinski definition) is 7. The second kappa shape index (κ2) is 12.4. The largest absolute Gasteiger partial charge is 0.497 e. The highest BCUT2D eigenvalue weighted by Crippen LogP contribution is 2.29. The minimum Gasteiger partial charge on any atom is -0.497 e. The van der Waals surface area contributed by atoms with Gasteiger partial charge in [-0.3, -0.25) is 4.79 Å². The first-order chi connectivity index (χ1) is 18.6. The van der Waals surface area contributed by atoms with E-state index in [0.717, 1.165) is 11.1 Å². The van der Waals surface area contributed by atoms with Crippen molar-refractivity contribution in [2.45, 2.75) is 70.2 Å². The average Bonchev–Trinajstić information content (AvgIpc) is 2.87. The molecule has 8 nitrogen and oxygen atoms in total. The van der Waals surface area contributed by atoms with Crippen LogP contribution in [0.15, 0.2) is 71.6 Å². The maximum absolute atomic E-state index is 14.2. The third-order valence-electron chi connectivity index (χ3n) is 6.11. The fourth-order valence-corrected chi connectivity index (χ4v) is 5.57. The van der Waals surface area contributed by atoms with Gasteiger partial charge in [-0.1, -0.05) is 30.3 Å². The van der Waals surface area contributed by atoms with E-state index >= 15 is 0 Å². The van der Waals surface area contributed by atoms with Gasteiger partial charge >= 0.3 is 5.97 Å². The highest BCUT2D eigenvalue weighted by Gasteiger charge is 2.29. The summed E-state index contributed by atoms with van der Waals surface area (Å²) in [5.41, 5.74) is 0.316. The Morgan fingerprint density at radius 3 is 1.65 bits per heavy atom. The molecule has 0 saturated heterocycles. The van der Waals surface area contributed by atoms with Crippen molar-refractivity contribution in [1.29, 1.82) is 0 Å². The minimum absolute atomic E-state index is 0.0206. The number of nitrogens with zero attached hydrogens (tertiary/aromatic N) is 1. The van der Waals surface area contributed by atoms with Gasteiger partial charge in [-0.05, 0) is 93.3 Å². The first kappa shape index (κ1) is 31.1. The van der Waals surface area contributed by atoms with Gasteiger partial charge in [0.25, 0.3) is 0 Å². The van der Waals surface area contributed by atoms with Gasteiger partial charge in [0.15, 0.2) is 0 Å². The quantitative estimate of drug-likeness (QED) is 0.317. The van der Waals surface area contributed by atoms with Gasteiger partial charge in [-0.25, -0.2) is 8.42 Å². The Hall–Kier alpha value is -3.40. The number of benzene rings is 3. The summed E-state index contributed by atoms with van der Waals surface area (Å²) < 4.78 is 45.7. The number of ether oxygens (including phenoxy) is 3. The first-order valence-electron chi connectivity index (χ1n) is 13.0. The van der Waals surface area contributed by atoms with Crippen LogP contribution in [0.2, 0.25) is 0 Å². The van der Waals surface area contributed by atoms with Gasteiger partial charge in [0.1, 0.15) is 17.1 Å². The van der Waals surface area contributed by atoms with Gasteiger partial charge in [0.2, 0.25) is 10.0 Å². The molecule has 0 atom stereocenters. The minimum atomic E-state index is -4.10. The predicted octanol–water partition coefficient (Wildman–Crippen LogP) is 5.21. The Kier molecular flexibility index (Phi) is 9.66. The standard InChI is InChI=1S/C31H39NO7S/c1-30(2,3)39-29(33)18-24-16-25(31(4,5)34)19-28(17-24)40(35,36)32(20-22-8-12-26(37-6)13-9-22)21-23-10-14-27(38-7)15-11-23/h8-17,19,34H,18,20-21H2,1-7H3. The van der Waals surface area contributed by atoms with Crippen LogP contribution in [-0.4, -0.2) is 43.6 Å². The van der Waals surface area contributed by atoms with Crippen molar-refractivity contribution >= 4 is 16.0 Å². The van der Waals surface area contributed by atoms with Crippen molar-refractivity contribution in [1.82, 2.24) is 4.31 Å². The lowest BCUT2D eigenvalue weighted by atomic mass is 9.96. The lowest BCUT2D eigenvalue weighted by Crippen LogP contribution is -2.31. The van der Waals surface area contributed by atoms with E-state index < -0.39 is 27.2 Å². The summed E-state index contributed by atoms with van der Waals surface area (Å²) in [6.07, 6.45) is -0.138. The Balaban J connectivity index is 2.07. The number of carbonyl (C=O) groups excluding carboxylic acids is 1. The molecule has 40 heavy (non-hydrogen) atoms. The Morgan fingerprint density at radius 2 is 1.25 bits per heavy atom. The molecule has 0 fully saturated rings. The van der Waals surface area contributed by atoms with Gasteiger partial charge in [0.05, 0.1) is 31.1 Å². The fraction of sp³-hybridized carbons (Fsp3) is 0.387. The molecular formula is C31H39NO7S. The van der Waals surface area contributed by atoms with E-state index in [1.807, 2.05) is 24.3 Å². The predicted molar refractivity (Wildman–Crippen MR) is 154 cm³/mol. The van der Waals surface area contributed by atoms with Crippen molar-refractivity contribution in [2.75, 3.05) is 14.2 Å². The lowest BCUT2D eigenvalue weighted by Gasteiger charge is -2.25. The average molecular weight is 570 g/mol. The van der Waals surface area contributed by atoms with E-state index in [1.165, 1.54) is 16.4 Å². The fourth-order valence-electron chi connectivity index (χ4n) is 4.05. The van der Waals surface area contributed by atoms with Crippen LogP contribution in [0.1, 0.15) is 56.9 Å². The van der Waals surface area contributed by atoms with E-state index in [-0.39, 0.29) is 24.4 Å². The highest BCUT2D eigenvalue weighted by atomic mass is 32.2. The SMILES string of the molecule is COc1ccc(CN(Cc2ccc(OC)cc2)S(=O)(=O)c2cc(CC(=O)OC(C)(C)C)cc(C(C)(C)O)c2)cc1. The molecule has 0 unspecified atom stereocenters. The van der Waals surface area contributed by atoms with Crippen LogP contribution in [0, 0.1) is 0 Å². The number of carbonyl (C=O) groups is 1. The highest BCUT2D eigenvalue weighted by molar-refractivity contribution is 7.89. The van der Waals surface area contributed by atoms with Gasteiger partial charge in [-0.15, -0.1) is 0 Å². The van der Waals surface area contributed by atoms with Crippen LogP contribution in [0.25, 0.3) is 0 Å². The molecule has 0 aliphatic heterocycles. The van der Waals surface area contributed by atoms with E-state index in [4.69, 9.17) is 14.2 Å². The lowest BCUT2D eigenvalue weighted by molar-refractivity contribution is -0.153. The summed E-state index contributed by atoms with van der Waals surface area (Å²) >= 11 is 0. The van der Waals surface area contributed by atoms with Crippen LogP contribution in [-0.2, 0) is 44.7 Å². The van der Waals surface area contributed by atoms with Crippen LogP contribution < -0.4 is 9.47 Å². The van der Waals surface area contributed by atoms with E-state index in [2.05, 4.69) is 0 Å². The normalized spacial score (nSPS) is 12.3. The molecule has 0 heterocycles. The van der Waals surface area contributed by atoms with E-state index in [0.29, 0.717) is 22.6 Å². The smallest absolute Gasteiger partial charge is 0.310 e. The zero-order chi connectivity index (χ0) is 29.7. The molecule has 0 radical (unpaired) electrons. The topological polar surface area (TPSA) is 102 Å². The molecule has 3 rings (SSSR count). The number of sulfonamides is 1. The molecule has 0 aliphatic rings. The molecule has 0 saturated carbocycles. The number of rotatable bonds is 11. The summed E-state index contributed by atoms with van der Waals surface area (Å²) in [4.78, 5) is 12.6. The van der Waals surface area contributed by atoms with Crippen LogP contribution in [0.5, 0.6) is 11.5 Å². The second-order valence-electron chi connectivity index (χ2n) is 11.2. The first-order valence-corrected chi connectivity index (χ1v) is 14.4. The molecule has 0 spiro atoms. The number of esters is 1. The summed E-state index contributed by atoms with van der Waals surface area (Å²) in [6, 6.07) is 19.0. The summed E-state index contributed by atoms with van der Waals surface area (Å²) in [5, 5.41) is 10.8. The van der Waals surface area contributed by atoms with Gasteiger partial charge in [0, 0.05) is 13.1 Å². The number of methoxy groups -OCH3 is 2. The zero-order valence-electron chi connectivity index (χ0n) is 24.2. The third-order valence-corrected chi connectivity index (χ3v) is 7.88. The Morgan fingerprint density at radius 1 is 0.775 bits per heavy atom. The Bertz CT molecular complexity index is 1350. The van der Waals surface area contributed by atoms with Gasteiger partial charge < -0.3 is 19.3 Å². The molecule has 0 aromatic heterocycles. The second-order valence-corrected chi connectivity index (χ2v) is 13.1. The molecule has 0 amide bonds. The molecule has 1 N–H and O–H groups in total. The van der Waals surface area contributed by atoms with Crippen LogP contribution in [0.3, 0.4) is 0 Å². The van der Waals surface area contributed by atoms with Crippen molar-refractivity contribution in [3.05, 3.63) is 89.0 Å². The third kappa shape index (κ3) is 8.55. The van der Waals surface area contributed by atoms with E-state index in [9.17, 15) is 18.3 Å². The zero-order valence-corrected chi connectivity index (χ0v) is 25.0. The molecule has 0 bridgehead atoms. The Labute approximate surface area is 237 Å². The molecule has 216 valence electrons. The van der Waals surface area contributed by atoms with Gasteiger partial charge in [-0.2, -0.15) is 4.31 Å². The molecule has 9 heteroatoms. The van der Waals surface area contributed by atoms with Crippen molar-refractivity contribution in [2.24, 2.45) is 0 Å². The van der Waals surface area contributed by atoms with E-state index in [1.54, 1.807) is 79.2 Å². The molecular weight excluding hydrogens is 530 g/mol.